The molecule has 0 saturated heterocycles. The highest BCUT2D eigenvalue weighted by Gasteiger charge is 2.17. The molecule has 68 valence electrons. The van der Waals surface area contributed by atoms with Crippen molar-refractivity contribution in [1.29, 1.82) is 0 Å². The van der Waals surface area contributed by atoms with Crippen molar-refractivity contribution in [2.24, 2.45) is 0 Å². The van der Waals surface area contributed by atoms with Gasteiger partial charge >= 0.3 is 5.69 Å². The summed E-state index contributed by atoms with van der Waals surface area (Å²) in [7, 11) is 1.41. The van der Waals surface area contributed by atoms with Crippen molar-refractivity contribution in [2.45, 2.75) is 0 Å². The zero-order chi connectivity index (χ0) is 9.84. The maximum Gasteiger partial charge on any atom is 0.342 e. The molecule has 0 spiro atoms. The minimum atomic E-state index is -0.610. The fraction of sp³-hybridized carbons (Fsp3) is 0.143. The molecule has 0 aromatic heterocycles. The number of ether oxygens (including phenoxy) is 1. The first-order valence-electron chi connectivity index (χ1n) is 3.41. The van der Waals surface area contributed by atoms with Gasteiger partial charge in [-0.05, 0) is 6.07 Å². The van der Waals surface area contributed by atoms with Crippen LogP contribution in [0.3, 0.4) is 0 Å². The fourth-order valence-corrected chi connectivity index (χ4v) is 0.884. The minimum absolute atomic E-state index is 0.0331. The molecule has 0 saturated carbocycles. The number of hydrogen-bond acceptors (Lipinski definition) is 3. The second-order valence-electron chi connectivity index (χ2n) is 2.25. The van der Waals surface area contributed by atoms with Gasteiger partial charge in [0.1, 0.15) is 5.75 Å². The normalized spacial score (nSPS) is 9.31. The van der Waals surface area contributed by atoms with E-state index in [1.165, 1.54) is 25.3 Å². The molecule has 1 aromatic rings. The molecule has 0 bridgehead atoms. The van der Waals surface area contributed by atoms with E-state index < -0.39 is 4.92 Å². The van der Waals surface area contributed by atoms with E-state index in [-0.39, 0.29) is 11.4 Å². The van der Waals surface area contributed by atoms with Crippen molar-refractivity contribution in [2.75, 3.05) is 7.11 Å². The highest BCUT2D eigenvalue weighted by atomic mass is 16.6. The van der Waals surface area contributed by atoms with Crippen LogP contribution >= 0.6 is 0 Å². The maximum atomic E-state index is 10.4. The fourth-order valence-electron chi connectivity index (χ4n) is 0.884. The van der Waals surface area contributed by atoms with Gasteiger partial charge in [0.05, 0.1) is 18.1 Å². The molecular weight excluding hydrogens is 174 g/mol. The summed E-state index contributed by atoms with van der Waals surface area (Å²) in [5.74, 6) is 0.366. The van der Waals surface area contributed by atoms with E-state index in [0.29, 0.717) is 5.75 Å². The van der Waals surface area contributed by atoms with E-state index in [1.807, 2.05) is 0 Å². The standard InChI is InChI=1S/C7H7N3O3/c1-13-5-2-3-6(9-8)7(4-5)10(11)12/h2-4,9H,1H3. The highest BCUT2D eigenvalue weighted by molar-refractivity contribution is 5.54. The van der Waals surface area contributed by atoms with Crippen molar-refractivity contribution < 1.29 is 14.8 Å². The first-order chi connectivity index (χ1) is 6.19. The Bertz CT molecular complexity index is 351. The highest BCUT2D eigenvalue weighted by Crippen LogP contribution is 2.24. The second-order valence-corrected chi connectivity index (χ2v) is 2.25. The SMILES string of the molecule is COc1ccc([NH+]=[N-])c([N+](=O)[O-])c1. The van der Waals surface area contributed by atoms with Crippen LogP contribution in [0, 0.1) is 10.1 Å². The Morgan fingerprint density at radius 2 is 2.31 bits per heavy atom. The van der Waals surface area contributed by atoms with Crippen molar-refractivity contribution >= 4 is 11.4 Å². The molecule has 1 aromatic carbocycles. The molecule has 0 amide bonds. The van der Waals surface area contributed by atoms with Gasteiger partial charge < -0.3 is 10.3 Å². The average Bonchev–Trinajstić information content (AvgIpc) is 2.16. The summed E-state index contributed by atoms with van der Waals surface area (Å²) in [6.45, 7) is 0. The lowest BCUT2D eigenvalue weighted by molar-refractivity contribution is -0.421. The van der Waals surface area contributed by atoms with Gasteiger partial charge in [-0.1, -0.05) is 0 Å². The number of rotatable bonds is 3. The lowest BCUT2D eigenvalue weighted by Gasteiger charge is -1.98. The van der Waals surface area contributed by atoms with Gasteiger partial charge in [-0.3, -0.25) is 15.2 Å². The quantitative estimate of drug-likeness (QED) is 0.414. The van der Waals surface area contributed by atoms with Crippen LogP contribution in [0.4, 0.5) is 11.4 Å². The van der Waals surface area contributed by atoms with Crippen LogP contribution in [0.2, 0.25) is 0 Å². The Labute approximate surface area is 73.8 Å². The Morgan fingerprint density at radius 3 is 2.77 bits per heavy atom. The Hall–Kier alpha value is -1.98. The van der Waals surface area contributed by atoms with Crippen LogP contribution < -0.4 is 9.85 Å². The minimum Gasteiger partial charge on any atom is -0.502 e. The third kappa shape index (κ3) is 1.78. The Kier molecular flexibility index (Phi) is 2.53. The maximum absolute atomic E-state index is 10.4. The second kappa shape index (κ2) is 3.61. The lowest BCUT2D eigenvalue weighted by Crippen LogP contribution is -2.54. The molecule has 0 fully saturated rings. The molecule has 0 unspecified atom stereocenters. The first kappa shape index (κ1) is 9.11. The number of nitrogens with one attached hydrogen (secondary N) is 1. The van der Waals surface area contributed by atoms with Gasteiger partial charge in [-0.15, -0.1) is 0 Å². The molecule has 6 nitrogen and oxygen atoms in total. The lowest BCUT2D eigenvalue weighted by atomic mass is 10.2. The third-order valence-corrected chi connectivity index (χ3v) is 1.52. The molecule has 0 aliphatic rings. The van der Waals surface area contributed by atoms with Crippen LogP contribution in [0.5, 0.6) is 5.75 Å². The first-order valence-corrected chi connectivity index (χ1v) is 3.41. The molecule has 0 aliphatic carbocycles. The van der Waals surface area contributed by atoms with E-state index in [1.54, 1.807) is 5.11 Å². The van der Waals surface area contributed by atoms with Crippen LogP contribution in [0.1, 0.15) is 0 Å². The molecule has 1 rings (SSSR count). The van der Waals surface area contributed by atoms with E-state index in [0.717, 1.165) is 0 Å². The van der Waals surface area contributed by atoms with Gasteiger partial charge in [-0.2, -0.15) is 0 Å². The van der Waals surface area contributed by atoms with Crippen LogP contribution in [-0.2, 0) is 0 Å². The van der Waals surface area contributed by atoms with Crippen LogP contribution in [-0.4, -0.2) is 12.0 Å². The molecule has 13 heavy (non-hydrogen) atoms. The van der Waals surface area contributed by atoms with E-state index in [4.69, 9.17) is 10.3 Å². The molecule has 1 N–H and O–H groups in total. The Balaban J connectivity index is 3.25. The molecule has 0 radical (unpaired) electrons. The zero-order valence-electron chi connectivity index (χ0n) is 6.85. The van der Waals surface area contributed by atoms with Gasteiger partial charge in [0.2, 0.25) is 0 Å². The summed E-state index contributed by atoms with van der Waals surface area (Å²) in [5, 5.41) is 12.2. The van der Waals surface area contributed by atoms with Gasteiger partial charge in [0, 0.05) is 6.07 Å². The van der Waals surface area contributed by atoms with Gasteiger partial charge in [0.25, 0.3) is 5.69 Å². The summed E-state index contributed by atoms with van der Waals surface area (Å²) in [5.41, 5.74) is 8.33. The number of nitro groups is 1. The van der Waals surface area contributed by atoms with Crippen molar-refractivity contribution in [3.05, 3.63) is 33.8 Å². The van der Waals surface area contributed by atoms with Crippen molar-refractivity contribution in [1.82, 2.24) is 0 Å². The number of nitrogens with zero attached hydrogens (tertiary/aromatic N) is 2. The Morgan fingerprint density at radius 1 is 1.62 bits per heavy atom. The molecule has 0 aliphatic heterocycles. The topological polar surface area (TPSA) is 88.6 Å². The van der Waals surface area contributed by atoms with Gasteiger partial charge in [0.15, 0.2) is 0 Å². The summed E-state index contributed by atoms with van der Waals surface area (Å²) < 4.78 is 4.79. The van der Waals surface area contributed by atoms with E-state index in [2.05, 4.69) is 0 Å². The number of methoxy groups -OCH3 is 1. The van der Waals surface area contributed by atoms with Crippen LogP contribution in [0.25, 0.3) is 5.53 Å². The van der Waals surface area contributed by atoms with Crippen molar-refractivity contribution in [3.8, 4) is 5.75 Å². The van der Waals surface area contributed by atoms with Crippen LogP contribution in [0.15, 0.2) is 18.2 Å². The predicted octanol–water partition coefficient (Wildman–Crippen LogP) is 0.337. The van der Waals surface area contributed by atoms with Crippen molar-refractivity contribution in [3.63, 3.8) is 0 Å². The number of nitro benzene ring substituents is 1. The zero-order valence-corrected chi connectivity index (χ0v) is 6.85. The van der Waals surface area contributed by atoms with Gasteiger partial charge in [-0.25, -0.2) is 0 Å². The smallest absolute Gasteiger partial charge is 0.342 e. The predicted molar refractivity (Wildman–Crippen MR) is 43.6 cm³/mol. The summed E-state index contributed by atoms with van der Waals surface area (Å²) in [6.07, 6.45) is 0. The molecular formula is C7H7N3O3. The van der Waals surface area contributed by atoms with E-state index >= 15 is 0 Å². The third-order valence-electron chi connectivity index (χ3n) is 1.52. The monoisotopic (exact) mass is 181 g/mol. The summed E-state index contributed by atoms with van der Waals surface area (Å²) in [4.78, 5) is 9.84. The summed E-state index contributed by atoms with van der Waals surface area (Å²) >= 11 is 0. The number of hydrogen-bond donors (Lipinski definition) is 1. The molecule has 0 atom stereocenters. The number of benzene rings is 1. The largest absolute Gasteiger partial charge is 0.502 e. The molecule has 0 heterocycles. The van der Waals surface area contributed by atoms with E-state index in [9.17, 15) is 10.1 Å². The summed E-state index contributed by atoms with van der Waals surface area (Å²) in [6, 6.07) is 4.08. The average molecular weight is 181 g/mol. The molecule has 6 heteroatoms.